The van der Waals surface area contributed by atoms with Crippen LogP contribution in [0.3, 0.4) is 0 Å². The van der Waals surface area contributed by atoms with E-state index in [1.807, 2.05) is 0 Å². The van der Waals surface area contributed by atoms with Gasteiger partial charge in [-0.2, -0.15) is 0 Å². The van der Waals surface area contributed by atoms with E-state index in [9.17, 15) is 0 Å². The number of halogens is 1. The molecular weight excluding hydrogens is 276 g/mol. The molecule has 2 nitrogen and oxygen atoms in total. The Morgan fingerprint density at radius 1 is 1.29 bits per heavy atom. The average Bonchev–Trinajstić information content (AvgIpc) is 2.62. The van der Waals surface area contributed by atoms with Crippen LogP contribution in [0.15, 0.2) is 34.9 Å². The van der Waals surface area contributed by atoms with Crippen LogP contribution < -0.4 is 5.32 Å². The molecule has 0 spiro atoms. The summed E-state index contributed by atoms with van der Waals surface area (Å²) in [7, 11) is 2.06. The predicted octanol–water partition coefficient (Wildman–Crippen LogP) is 4.02. The van der Waals surface area contributed by atoms with Crippen LogP contribution in [0.5, 0.6) is 0 Å². The molecule has 0 aliphatic heterocycles. The number of nitrogens with one attached hydrogen (secondary N) is 1. The van der Waals surface area contributed by atoms with E-state index >= 15 is 0 Å². The van der Waals surface area contributed by atoms with Crippen LogP contribution in [0.25, 0.3) is 0 Å². The summed E-state index contributed by atoms with van der Waals surface area (Å²) >= 11 is 3.61. The molecule has 17 heavy (non-hydrogen) atoms. The SMILES string of the molecule is Cc1cc(C)c(NCc2cccn2C)c(Br)c1. The average molecular weight is 293 g/mol. The number of aromatic nitrogens is 1. The fourth-order valence-corrected chi connectivity index (χ4v) is 2.81. The zero-order valence-corrected chi connectivity index (χ0v) is 12.0. The third-order valence-electron chi connectivity index (χ3n) is 2.93. The molecule has 3 heteroatoms. The molecule has 0 radical (unpaired) electrons. The Hall–Kier alpha value is -1.22. The zero-order chi connectivity index (χ0) is 12.4. The third-order valence-corrected chi connectivity index (χ3v) is 3.55. The molecule has 1 aromatic heterocycles. The third kappa shape index (κ3) is 2.72. The van der Waals surface area contributed by atoms with Gasteiger partial charge in [0.05, 0.1) is 12.2 Å². The van der Waals surface area contributed by atoms with Crippen molar-refractivity contribution in [1.82, 2.24) is 4.57 Å². The minimum atomic E-state index is 0.839. The van der Waals surface area contributed by atoms with Gasteiger partial charge in [-0.25, -0.2) is 0 Å². The fraction of sp³-hybridized carbons (Fsp3) is 0.286. The summed E-state index contributed by atoms with van der Waals surface area (Å²) in [5.41, 5.74) is 5.00. The van der Waals surface area contributed by atoms with Gasteiger partial charge in [-0.05, 0) is 59.1 Å². The summed E-state index contributed by atoms with van der Waals surface area (Å²) in [5, 5.41) is 3.48. The normalized spacial score (nSPS) is 10.6. The maximum Gasteiger partial charge on any atom is 0.0553 e. The molecule has 1 heterocycles. The van der Waals surface area contributed by atoms with Crippen molar-refractivity contribution in [2.24, 2.45) is 7.05 Å². The number of anilines is 1. The molecular formula is C14H17BrN2. The maximum absolute atomic E-state index is 3.61. The van der Waals surface area contributed by atoms with Gasteiger partial charge in [0.15, 0.2) is 0 Å². The maximum atomic E-state index is 3.61. The van der Waals surface area contributed by atoms with E-state index in [2.05, 4.69) is 77.2 Å². The number of aryl methyl sites for hydroxylation is 3. The van der Waals surface area contributed by atoms with Crippen LogP contribution in [-0.4, -0.2) is 4.57 Å². The first-order valence-electron chi connectivity index (χ1n) is 5.69. The quantitative estimate of drug-likeness (QED) is 0.904. The lowest BCUT2D eigenvalue weighted by atomic mass is 10.1. The summed E-state index contributed by atoms with van der Waals surface area (Å²) in [6.45, 7) is 5.08. The van der Waals surface area contributed by atoms with Gasteiger partial charge in [-0.3, -0.25) is 0 Å². The lowest BCUT2D eigenvalue weighted by Crippen LogP contribution is -2.05. The van der Waals surface area contributed by atoms with E-state index in [0.717, 1.165) is 11.0 Å². The van der Waals surface area contributed by atoms with Gasteiger partial charge in [0.1, 0.15) is 0 Å². The molecule has 90 valence electrons. The fourth-order valence-electron chi connectivity index (χ4n) is 2.00. The van der Waals surface area contributed by atoms with E-state index < -0.39 is 0 Å². The summed E-state index contributed by atoms with van der Waals surface area (Å²) in [6.07, 6.45) is 2.06. The van der Waals surface area contributed by atoms with Gasteiger partial charge in [-0.15, -0.1) is 0 Å². The van der Waals surface area contributed by atoms with E-state index in [1.54, 1.807) is 0 Å². The Morgan fingerprint density at radius 2 is 2.06 bits per heavy atom. The number of nitrogens with zero attached hydrogens (tertiary/aromatic N) is 1. The molecule has 0 bridgehead atoms. The Balaban J connectivity index is 2.17. The molecule has 0 atom stereocenters. The molecule has 0 unspecified atom stereocenters. The second-order valence-electron chi connectivity index (χ2n) is 4.40. The molecule has 2 aromatic rings. The molecule has 2 rings (SSSR count). The van der Waals surface area contributed by atoms with Crippen molar-refractivity contribution in [2.45, 2.75) is 20.4 Å². The second-order valence-corrected chi connectivity index (χ2v) is 5.26. The molecule has 0 aliphatic rings. The lowest BCUT2D eigenvalue weighted by Gasteiger charge is -2.13. The zero-order valence-electron chi connectivity index (χ0n) is 10.4. The Labute approximate surface area is 111 Å². The van der Waals surface area contributed by atoms with Crippen LogP contribution >= 0.6 is 15.9 Å². The van der Waals surface area contributed by atoms with Crippen molar-refractivity contribution in [1.29, 1.82) is 0 Å². The van der Waals surface area contributed by atoms with Crippen molar-refractivity contribution in [3.63, 3.8) is 0 Å². The van der Waals surface area contributed by atoms with Gasteiger partial charge in [-0.1, -0.05) is 6.07 Å². The summed E-state index contributed by atoms with van der Waals surface area (Å²) in [5.74, 6) is 0. The van der Waals surface area contributed by atoms with E-state index in [1.165, 1.54) is 22.5 Å². The minimum Gasteiger partial charge on any atom is -0.378 e. The largest absolute Gasteiger partial charge is 0.378 e. The highest BCUT2D eigenvalue weighted by Crippen LogP contribution is 2.28. The Kier molecular flexibility index (Phi) is 3.57. The first kappa shape index (κ1) is 12.2. The highest BCUT2D eigenvalue weighted by atomic mass is 79.9. The lowest BCUT2D eigenvalue weighted by molar-refractivity contribution is 0.842. The number of hydrogen-bond acceptors (Lipinski definition) is 1. The minimum absolute atomic E-state index is 0.839. The van der Waals surface area contributed by atoms with Crippen molar-refractivity contribution in [3.05, 3.63) is 51.8 Å². The second kappa shape index (κ2) is 4.96. The Bertz CT molecular complexity index is 506. The summed E-state index contributed by atoms with van der Waals surface area (Å²) in [4.78, 5) is 0. The van der Waals surface area contributed by atoms with Gasteiger partial charge >= 0.3 is 0 Å². The van der Waals surface area contributed by atoms with Crippen LogP contribution in [0.4, 0.5) is 5.69 Å². The Morgan fingerprint density at radius 3 is 2.65 bits per heavy atom. The van der Waals surface area contributed by atoms with Crippen LogP contribution in [0, 0.1) is 13.8 Å². The number of benzene rings is 1. The van der Waals surface area contributed by atoms with Crippen LogP contribution in [0.2, 0.25) is 0 Å². The first-order valence-corrected chi connectivity index (χ1v) is 6.48. The monoisotopic (exact) mass is 292 g/mol. The van der Waals surface area contributed by atoms with Gasteiger partial charge in [0.2, 0.25) is 0 Å². The topological polar surface area (TPSA) is 17.0 Å². The van der Waals surface area contributed by atoms with E-state index in [-0.39, 0.29) is 0 Å². The molecule has 0 saturated carbocycles. The predicted molar refractivity (Wildman–Crippen MR) is 76.4 cm³/mol. The summed E-state index contributed by atoms with van der Waals surface area (Å²) < 4.78 is 3.26. The number of rotatable bonds is 3. The first-order chi connectivity index (χ1) is 8.08. The molecule has 1 aromatic carbocycles. The van der Waals surface area contributed by atoms with Crippen molar-refractivity contribution >= 4 is 21.6 Å². The van der Waals surface area contributed by atoms with Gasteiger partial charge in [0.25, 0.3) is 0 Å². The smallest absolute Gasteiger partial charge is 0.0553 e. The molecule has 0 fully saturated rings. The van der Waals surface area contributed by atoms with Gasteiger partial charge in [0, 0.05) is 23.4 Å². The standard InChI is InChI=1S/C14H17BrN2/c1-10-7-11(2)14(13(15)8-10)16-9-12-5-4-6-17(12)3/h4-8,16H,9H2,1-3H3. The number of hydrogen-bond donors (Lipinski definition) is 1. The van der Waals surface area contributed by atoms with Crippen LogP contribution in [0.1, 0.15) is 16.8 Å². The molecule has 0 aliphatic carbocycles. The highest BCUT2D eigenvalue weighted by Gasteiger charge is 2.05. The van der Waals surface area contributed by atoms with Crippen molar-refractivity contribution < 1.29 is 0 Å². The molecule has 1 N–H and O–H groups in total. The molecule has 0 saturated heterocycles. The summed E-state index contributed by atoms with van der Waals surface area (Å²) in [6, 6.07) is 8.52. The van der Waals surface area contributed by atoms with E-state index in [4.69, 9.17) is 0 Å². The van der Waals surface area contributed by atoms with Crippen molar-refractivity contribution in [2.75, 3.05) is 5.32 Å². The van der Waals surface area contributed by atoms with Crippen LogP contribution in [-0.2, 0) is 13.6 Å². The van der Waals surface area contributed by atoms with Gasteiger partial charge < -0.3 is 9.88 Å². The highest BCUT2D eigenvalue weighted by molar-refractivity contribution is 9.10. The van der Waals surface area contributed by atoms with Crippen molar-refractivity contribution in [3.8, 4) is 0 Å². The molecule has 0 amide bonds. The van der Waals surface area contributed by atoms with E-state index in [0.29, 0.717) is 0 Å².